The molecule has 0 radical (unpaired) electrons. The van der Waals surface area contributed by atoms with E-state index in [1.807, 2.05) is 12.2 Å². The number of aromatic nitrogens is 1. The largest absolute Gasteiger partial charge is 0.494 e. The van der Waals surface area contributed by atoms with Gasteiger partial charge in [0.1, 0.15) is 34.9 Å². The van der Waals surface area contributed by atoms with E-state index in [2.05, 4.69) is 25.7 Å². The molecular weight excluding hydrogens is 736 g/mol. The van der Waals surface area contributed by atoms with Gasteiger partial charge in [-0.3, -0.25) is 23.9 Å². The first-order valence-corrected chi connectivity index (χ1v) is 20.5. The highest BCUT2D eigenvalue weighted by molar-refractivity contribution is 7.91. The summed E-state index contributed by atoms with van der Waals surface area (Å²) in [5, 5.41) is 7.69. The number of halogens is 1. The van der Waals surface area contributed by atoms with E-state index in [1.165, 1.54) is 29.2 Å². The average molecular weight is 781 g/mol. The number of fused-ring (bicyclic) bond motifs is 8. The molecule has 4 N–H and O–H groups in total. The first-order chi connectivity index (χ1) is 26.4. The third-order valence-electron chi connectivity index (χ3n) is 10.7. The number of alkyl carbamates (subject to hydrolysis) is 1. The van der Waals surface area contributed by atoms with E-state index in [4.69, 9.17) is 9.47 Å². The van der Waals surface area contributed by atoms with Crippen LogP contribution in [-0.2, 0) is 29.1 Å². The smallest absolute Gasteiger partial charge is 0.407 e. The monoisotopic (exact) mass is 780 g/mol. The number of sulfonamides is 1. The van der Waals surface area contributed by atoms with Gasteiger partial charge in [-0.15, -0.1) is 0 Å². The lowest BCUT2D eigenvalue weighted by Crippen LogP contribution is -2.58. The van der Waals surface area contributed by atoms with Gasteiger partial charge in [-0.05, 0) is 88.1 Å². The summed E-state index contributed by atoms with van der Waals surface area (Å²) in [5.41, 5.74) is -1.28. The first kappa shape index (κ1) is 38.2. The number of allylic oxidation sites excluding steroid dienone is 1. The van der Waals surface area contributed by atoms with Crippen LogP contribution in [-0.4, -0.2) is 96.7 Å². The van der Waals surface area contributed by atoms with E-state index in [1.54, 1.807) is 12.1 Å². The fourth-order valence-corrected chi connectivity index (χ4v) is 8.77. The summed E-state index contributed by atoms with van der Waals surface area (Å²) in [6, 6.07) is 5.77. The highest BCUT2D eigenvalue weighted by atomic mass is 32.2. The van der Waals surface area contributed by atoms with E-state index in [9.17, 15) is 32.4 Å². The van der Waals surface area contributed by atoms with Crippen molar-refractivity contribution in [3.63, 3.8) is 0 Å². The van der Waals surface area contributed by atoms with Gasteiger partial charge in [0.05, 0.1) is 24.2 Å². The topological polar surface area (TPSA) is 202 Å². The SMILES string of the molecule is O=C1N[C@H]2CCCCC/C=C\[C@@H]3CC3(C(=O)NS(=O)(=O)C3CC3)NC(=O)[C@@H]3C[C@H](CN3C2=O)NC(=O)c2cccc(n2)-c2cc(ccc2F)OCCCCO1. The lowest BCUT2D eigenvalue weighted by atomic mass is 10.0. The van der Waals surface area contributed by atoms with Gasteiger partial charge in [0.25, 0.3) is 11.8 Å². The van der Waals surface area contributed by atoms with Crippen LogP contribution in [0.4, 0.5) is 9.18 Å². The van der Waals surface area contributed by atoms with Crippen molar-refractivity contribution in [1.82, 2.24) is 30.6 Å². The Morgan fingerprint density at radius 2 is 1.73 bits per heavy atom. The average Bonchev–Trinajstić information content (AvgIpc) is 4.09. The lowest BCUT2D eigenvalue weighted by Gasteiger charge is -2.30. The van der Waals surface area contributed by atoms with Crippen LogP contribution in [0.1, 0.15) is 81.1 Å². The quantitative estimate of drug-likeness (QED) is 0.336. The zero-order chi connectivity index (χ0) is 38.7. The predicted octanol–water partition coefficient (Wildman–Crippen LogP) is 2.86. The van der Waals surface area contributed by atoms with Crippen LogP contribution in [0, 0.1) is 11.7 Å². The predicted molar refractivity (Wildman–Crippen MR) is 195 cm³/mol. The van der Waals surface area contributed by atoms with Gasteiger partial charge in [0.15, 0.2) is 0 Å². The maximum Gasteiger partial charge on any atom is 0.407 e. The van der Waals surface area contributed by atoms with Crippen molar-refractivity contribution in [2.45, 2.75) is 99.5 Å². The van der Waals surface area contributed by atoms with Gasteiger partial charge >= 0.3 is 6.09 Å². The van der Waals surface area contributed by atoms with Gasteiger partial charge in [-0.1, -0.05) is 31.1 Å². The molecule has 5 aliphatic rings. The summed E-state index contributed by atoms with van der Waals surface area (Å²) < 4.78 is 54.0. The number of hydrogen-bond acceptors (Lipinski definition) is 10. The Morgan fingerprint density at radius 1 is 0.945 bits per heavy atom. The minimum absolute atomic E-state index is 0.0308. The summed E-state index contributed by atoms with van der Waals surface area (Å²) in [5.74, 6) is -3.40. The molecule has 15 nitrogen and oxygen atoms in total. The zero-order valence-electron chi connectivity index (χ0n) is 30.3. The van der Waals surface area contributed by atoms with Gasteiger partial charge in [0.2, 0.25) is 21.8 Å². The van der Waals surface area contributed by atoms with Crippen molar-refractivity contribution >= 4 is 39.7 Å². The van der Waals surface area contributed by atoms with Crippen LogP contribution < -0.4 is 25.4 Å². The number of benzene rings is 1. The molecule has 3 aliphatic heterocycles. The molecule has 2 aliphatic carbocycles. The van der Waals surface area contributed by atoms with Gasteiger partial charge < -0.3 is 30.3 Å². The normalized spacial score (nSPS) is 28.6. The Kier molecular flexibility index (Phi) is 11.1. The number of pyridine rings is 1. The van der Waals surface area contributed by atoms with Gasteiger partial charge in [-0.2, -0.15) is 0 Å². The second-order valence-corrected chi connectivity index (χ2v) is 16.8. The van der Waals surface area contributed by atoms with Crippen LogP contribution in [0.3, 0.4) is 0 Å². The number of rotatable bonds is 3. The number of carbonyl (C=O) groups excluding carboxylic acids is 5. The number of nitrogens with zero attached hydrogens (tertiary/aromatic N) is 2. The van der Waals surface area contributed by atoms with E-state index in [0.29, 0.717) is 44.3 Å². The molecule has 1 aromatic heterocycles. The fourth-order valence-electron chi connectivity index (χ4n) is 7.41. The third-order valence-corrected chi connectivity index (χ3v) is 12.6. The molecule has 4 heterocycles. The minimum atomic E-state index is -3.93. The Balaban J connectivity index is 1.19. The van der Waals surface area contributed by atoms with Crippen LogP contribution in [0.25, 0.3) is 11.3 Å². The molecule has 1 unspecified atom stereocenters. The molecule has 55 heavy (non-hydrogen) atoms. The van der Waals surface area contributed by atoms with Gasteiger partial charge in [0, 0.05) is 24.1 Å². The van der Waals surface area contributed by atoms with Gasteiger partial charge in [-0.25, -0.2) is 22.6 Å². The number of cyclic esters (lactones) is 1. The summed E-state index contributed by atoms with van der Waals surface area (Å²) in [6.07, 6.45) is 7.82. The molecule has 2 aromatic rings. The second kappa shape index (κ2) is 16.0. The number of amides is 5. The summed E-state index contributed by atoms with van der Waals surface area (Å²) >= 11 is 0. The Bertz CT molecular complexity index is 1990. The number of nitrogens with one attached hydrogen (secondary N) is 4. The molecule has 5 atom stereocenters. The van der Waals surface area contributed by atoms with Crippen LogP contribution >= 0.6 is 0 Å². The molecule has 7 rings (SSSR count). The molecule has 5 amide bonds. The van der Waals surface area contributed by atoms with Crippen LogP contribution in [0.2, 0.25) is 0 Å². The minimum Gasteiger partial charge on any atom is -0.494 e. The first-order valence-electron chi connectivity index (χ1n) is 18.9. The standard InChI is InChI=1S/C38H45FN6O9S/c39-28-16-13-25-20-27(28)29-11-8-12-30(41-29)33(46)40-24-19-32-34(47)43-38(36(49)44-55(51,52)26-14-15-26)21-23(38)9-4-2-1-3-5-10-31(35(48)45(32)22-24)42-37(50)54-18-7-6-17-53-25/h4,8-9,11-13,16,20,23-24,26,31-32H,1-3,5-7,10,14-15,17-19,21-22H2,(H,40,46)(H,42,50)(H,43,47)(H,44,49)/b9-4-/t23-,24-,31+,32+,38?/m1/s1. The number of ether oxygens (including phenoxy) is 2. The maximum absolute atomic E-state index is 15.0. The molecule has 1 aromatic carbocycles. The van der Waals surface area contributed by atoms with Crippen molar-refractivity contribution < 1.29 is 46.3 Å². The highest BCUT2D eigenvalue weighted by Crippen LogP contribution is 2.46. The van der Waals surface area contributed by atoms with Crippen molar-refractivity contribution in [1.29, 1.82) is 0 Å². The second-order valence-electron chi connectivity index (χ2n) is 14.9. The molecule has 0 spiro atoms. The van der Waals surface area contributed by atoms with Crippen LogP contribution in [0.5, 0.6) is 5.75 Å². The van der Waals surface area contributed by atoms with E-state index in [-0.39, 0.29) is 56.0 Å². The molecule has 17 heteroatoms. The Labute approximate surface area is 318 Å². The van der Waals surface area contributed by atoms with Crippen molar-refractivity contribution in [3.8, 4) is 17.0 Å². The van der Waals surface area contributed by atoms with Crippen molar-refractivity contribution in [2.75, 3.05) is 19.8 Å². The Hall–Kier alpha value is -5.06. The highest BCUT2D eigenvalue weighted by Gasteiger charge is 2.62. The number of hydrogen-bond donors (Lipinski definition) is 4. The fraction of sp³-hybridized carbons (Fsp3) is 0.526. The van der Waals surface area contributed by atoms with E-state index in [0.717, 1.165) is 12.8 Å². The molecule has 294 valence electrons. The van der Waals surface area contributed by atoms with Crippen LogP contribution in [0.15, 0.2) is 48.6 Å². The molecule has 2 saturated carbocycles. The summed E-state index contributed by atoms with van der Waals surface area (Å²) in [6.45, 7) is 0.169. The summed E-state index contributed by atoms with van der Waals surface area (Å²) in [4.78, 5) is 74.7. The maximum atomic E-state index is 15.0. The van der Waals surface area contributed by atoms with Crippen molar-refractivity contribution in [3.05, 3.63) is 60.1 Å². The summed E-state index contributed by atoms with van der Waals surface area (Å²) in [7, 11) is -3.93. The molecule has 3 fully saturated rings. The Morgan fingerprint density at radius 3 is 2.53 bits per heavy atom. The molecule has 7 bridgehead atoms. The van der Waals surface area contributed by atoms with Crippen molar-refractivity contribution in [2.24, 2.45) is 5.92 Å². The lowest BCUT2D eigenvalue weighted by molar-refractivity contribution is -0.141. The number of carbonyl (C=O) groups is 5. The third kappa shape index (κ3) is 8.76. The zero-order valence-corrected chi connectivity index (χ0v) is 31.1. The van der Waals surface area contributed by atoms with E-state index < -0.39 is 80.4 Å². The molecular formula is C38H45FN6O9S. The van der Waals surface area contributed by atoms with E-state index >= 15 is 4.39 Å². The molecule has 1 saturated heterocycles.